The number of ether oxygens (including phenoxy) is 2. The number of aliphatic hydroxyl groups excluding tert-OH is 6. The molecule has 0 radical (unpaired) electrons. The average molecular weight is 465 g/mol. The summed E-state index contributed by atoms with van der Waals surface area (Å²) in [6.07, 6.45) is -11.2. The maximum absolute atomic E-state index is 11.2. The van der Waals surface area contributed by atoms with Gasteiger partial charge in [0.05, 0.1) is 25.9 Å². The maximum atomic E-state index is 11.2. The molecule has 0 unspecified atom stereocenters. The Hall–Kier alpha value is -0.100. The molecule has 0 aromatic heterocycles. The van der Waals surface area contributed by atoms with E-state index in [0.717, 1.165) is 6.26 Å². The third-order valence-electron chi connectivity index (χ3n) is 5.44. The van der Waals surface area contributed by atoms with Crippen molar-refractivity contribution in [3.63, 3.8) is 0 Å². The second kappa shape index (κ2) is 9.18. The zero-order valence-electron chi connectivity index (χ0n) is 15.6. The Balaban J connectivity index is 2.28. The molecule has 0 aliphatic carbocycles. The summed E-state index contributed by atoms with van der Waals surface area (Å²) in [5.74, 6) is -0.0171. The fraction of sp³-hybridized carbons (Fsp3) is 1.00. The van der Waals surface area contributed by atoms with Crippen LogP contribution in [0.3, 0.4) is 0 Å². The second-order valence-electron chi connectivity index (χ2n) is 7.31. The Morgan fingerprint density at radius 3 is 2.10 bits per heavy atom. The van der Waals surface area contributed by atoms with E-state index in [9.17, 15) is 44.2 Å². The summed E-state index contributed by atoms with van der Waals surface area (Å²) in [5, 5.41) is 82.3. The Morgan fingerprint density at radius 1 is 1.00 bits per heavy atom. The van der Waals surface area contributed by atoms with Crippen molar-refractivity contribution < 1.29 is 58.7 Å². The topological polar surface area (TPSA) is 214 Å². The number of aliphatic hydroxyl groups is 8. The highest BCUT2D eigenvalue weighted by Crippen LogP contribution is 2.43. The van der Waals surface area contributed by atoms with Crippen LogP contribution < -0.4 is 0 Å². The number of rotatable bonds is 7. The minimum atomic E-state index is -3.37. The SMILES string of the molecule is CS(=O)(=O)SCC[C@@H]1O[C@H](CO)[C@](O)([C@@]2(O)CO[C@H](CO)[C@H](O)[C@@H]2O)[C@H](O)[C@H]1O. The van der Waals surface area contributed by atoms with Gasteiger partial charge in [-0.1, -0.05) is 0 Å². The van der Waals surface area contributed by atoms with Gasteiger partial charge in [0, 0.05) is 12.0 Å². The van der Waals surface area contributed by atoms with Crippen molar-refractivity contribution in [2.75, 3.05) is 31.8 Å². The van der Waals surface area contributed by atoms with E-state index in [0.29, 0.717) is 10.8 Å². The molecule has 2 aliphatic heterocycles. The van der Waals surface area contributed by atoms with Gasteiger partial charge < -0.3 is 50.3 Å². The van der Waals surface area contributed by atoms with Gasteiger partial charge in [0.15, 0.2) is 20.1 Å². The van der Waals surface area contributed by atoms with Crippen LogP contribution in [0.4, 0.5) is 0 Å². The van der Waals surface area contributed by atoms with E-state index in [-0.39, 0.29) is 12.2 Å². The first kappa shape index (κ1) is 25.2. The molecule has 2 aliphatic rings. The molecule has 2 rings (SSSR count). The molecule has 8 N–H and O–H groups in total. The first-order valence-corrected chi connectivity index (χ1v) is 12.2. The molecule has 2 heterocycles. The molecule has 0 amide bonds. The van der Waals surface area contributed by atoms with Crippen LogP contribution in [0.2, 0.25) is 0 Å². The highest BCUT2D eigenvalue weighted by atomic mass is 33.1. The lowest BCUT2D eigenvalue weighted by atomic mass is 9.66. The molecule has 0 saturated carbocycles. The third-order valence-corrected chi connectivity index (χ3v) is 8.05. The monoisotopic (exact) mass is 464 g/mol. The van der Waals surface area contributed by atoms with Crippen molar-refractivity contribution in [2.45, 2.75) is 60.4 Å². The molecular formula is C15H28O12S2. The molecule has 12 nitrogen and oxygen atoms in total. The molecule has 14 heteroatoms. The van der Waals surface area contributed by atoms with Crippen molar-refractivity contribution in [1.82, 2.24) is 0 Å². The molecule has 0 aromatic carbocycles. The Kier molecular flexibility index (Phi) is 7.96. The van der Waals surface area contributed by atoms with E-state index in [4.69, 9.17) is 14.6 Å². The third kappa shape index (κ3) is 4.58. The smallest absolute Gasteiger partial charge is 0.198 e. The van der Waals surface area contributed by atoms with Crippen LogP contribution >= 0.6 is 10.8 Å². The van der Waals surface area contributed by atoms with E-state index in [1.165, 1.54) is 0 Å². The first-order valence-electron chi connectivity index (χ1n) is 8.83. The van der Waals surface area contributed by atoms with Gasteiger partial charge in [-0.25, -0.2) is 8.42 Å². The Morgan fingerprint density at radius 2 is 1.59 bits per heavy atom. The molecule has 172 valence electrons. The van der Waals surface area contributed by atoms with Gasteiger partial charge in [-0.05, 0) is 17.2 Å². The van der Waals surface area contributed by atoms with Crippen molar-refractivity contribution in [3.8, 4) is 0 Å². The fourth-order valence-corrected chi connectivity index (χ4v) is 5.57. The lowest BCUT2D eigenvalue weighted by Crippen LogP contribution is -2.82. The van der Waals surface area contributed by atoms with Gasteiger partial charge >= 0.3 is 0 Å². The minimum absolute atomic E-state index is 0.0171. The summed E-state index contributed by atoms with van der Waals surface area (Å²) < 4.78 is 33.0. The maximum Gasteiger partial charge on any atom is 0.198 e. The molecule has 2 fully saturated rings. The predicted molar refractivity (Wildman–Crippen MR) is 98.4 cm³/mol. The standard InChI is InChI=1S/C15H28O12S2/c1-29(24,25)28-3-2-7-10(18)13(21)15(23,9(5-17)27-7)14(22)6-26-8(4-16)11(19)12(14)20/h7-13,16-23H,2-6H2,1H3/t7-,8+,9+,10-,11-,12-,13+,14+,15+/m0/s1. The summed E-state index contributed by atoms with van der Waals surface area (Å²) in [5.41, 5.74) is -5.65. The first-order chi connectivity index (χ1) is 13.3. The average Bonchev–Trinajstić information content (AvgIpc) is 2.65. The summed E-state index contributed by atoms with van der Waals surface area (Å²) >= 11 is 0. The molecule has 0 bridgehead atoms. The van der Waals surface area contributed by atoms with Crippen molar-refractivity contribution in [2.24, 2.45) is 0 Å². The Labute approximate surface area is 171 Å². The number of hydrogen-bond acceptors (Lipinski definition) is 13. The van der Waals surface area contributed by atoms with E-state index in [1.54, 1.807) is 0 Å². The quantitative estimate of drug-likeness (QED) is 0.166. The fourth-order valence-electron chi connectivity index (χ4n) is 3.74. The largest absolute Gasteiger partial charge is 0.394 e. The van der Waals surface area contributed by atoms with Crippen LogP contribution in [-0.2, 0) is 18.3 Å². The van der Waals surface area contributed by atoms with Crippen LogP contribution in [0.15, 0.2) is 0 Å². The van der Waals surface area contributed by atoms with Crippen LogP contribution in [-0.4, -0.2) is 135 Å². The summed E-state index contributed by atoms with van der Waals surface area (Å²) in [7, 11) is -2.79. The molecule has 0 aromatic rings. The van der Waals surface area contributed by atoms with E-state index in [2.05, 4.69) is 0 Å². The Bertz CT molecular complexity index is 658. The highest BCUT2D eigenvalue weighted by molar-refractivity contribution is 8.71. The number of hydrogen-bond donors (Lipinski definition) is 8. The van der Waals surface area contributed by atoms with Crippen molar-refractivity contribution >= 4 is 19.7 Å². The van der Waals surface area contributed by atoms with Crippen LogP contribution in [0.1, 0.15) is 6.42 Å². The summed E-state index contributed by atoms with van der Waals surface area (Å²) in [6, 6.07) is 0. The van der Waals surface area contributed by atoms with Crippen molar-refractivity contribution in [1.29, 1.82) is 0 Å². The highest BCUT2D eigenvalue weighted by Gasteiger charge is 2.69. The zero-order chi connectivity index (χ0) is 22.2. The lowest BCUT2D eigenvalue weighted by Gasteiger charge is -2.58. The van der Waals surface area contributed by atoms with E-state index >= 15 is 0 Å². The van der Waals surface area contributed by atoms with Gasteiger partial charge in [-0.2, -0.15) is 0 Å². The van der Waals surface area contributed by atoms with Gasteiger partial charge in [0.25, 0.3) is 0 Å². The van der Waals surface area contributed by atoms with Gasteiger partial charge in [-0.15, -0.1) is 0 Å². The lowest BCUT2D eigenvalue weighted by molar-refractivity contribution is -0.369. The molecule has 9 atom stereocenters. The van der Waals surface area contributed by atoms with Gasteiger partial charge in [-0.3, -0.25) is 0 Å². The molecule has 0 spiro atoms. The molecule has 29 heavy (non-hydrogen) atoms. The van der Waals surface area contributed by atoms with Crippen molar-refractivity contribution in [3.05, 3.63) is 0 Å². The molecular weight excluding hydrogens is 436 g/mol. The normalized spacial score (nSPS) is 46.6. The van der Waals surface area contributed by atoms with Crippen LogP contribution in [0.5, 0.6) is 0 Å². The van der Waals surface area contributed by atoms with Crippen LogP contribution in [0.25, 0.3) is 0 Å². The van der Waals surface area contributed by atoms with Gasteiger partial charge in [0.2, 0.25) is 0 Å². The minimum Gasteiger partial charge on any atom is -0.394 e. The van der Waals surface area contributed by atoms with Crippen LogP contribution in [0, 0.1) is 0 Å². The summed E-state index contributed by atoms with van der Waals surface area (Å²) in [6.45, 7) is -2.51. The second-order valence-corrected chi connectivity index (χ2v) is 11.9. The van der Waals surface area contributed by atoms with Gasteiger partial charge in [0.1, 0.15) is 36.6 Å². The zero-order valence-corrected chi connectivity index (χ0v) is 17.2. The van der Waals surface area contributed by atoms with E-state index < -0.39 is 82.6 Å². The van der Waals surface area contributed by atoms with E-state index in [1.807, 2.05) is 0 Å². The molecule has 2 saturated heterocycles. The predicted octanol–water partition coefficient (Wildman–Crippen LogP) is -4.87. The summed E-state index contributed by atoms with van der Waals surface area (Å²) in [4.78, 5) is 0.